The summed E-state index contributed by atoms with van der Waals surface area (Å²) in [6.07, 6.45) is 1.39. The number of allylic oxidation sites excluding steroid dienone is 2. The predicted octanol–water partition coefficient (Wildman–Crippen LogP) is 4.09. The SMILES string of the molecule is CC(C)=CCc1c2c(c(O)c3c1OC(c1ccc(O)c(O)c1)CC3=O)CC(C(C)(C)O)O2. The van der Waals surface area contributed by atoms with Gasteiger partial charge in [-0.2, -0.15) is 0 Å². The molecular formula is C25H28O7. The Labute approximate surface area is 186 Å². The van der Waals surface area contributed by atoms with Crippen LogP contribution in [0.2, 0.25) is 0 Å². The number of carbonyl (C=O) groups excluding carboxylic acids is 1. The molecule has 4 rings (SSSR count). The van der Waals surface area contributed by atoms with Gasteiger partial charge in [0.1, 0.15) is 35.0 Å². The Bertz CT molecular complexity index is 1120. The van der Waals surface area contributed by atoms with Crippen LogP contribution in [0.15, 0.2) is 29.8 Å². The van der Waals surface area contributed by atoms with Gasteiger partial charge >= 0.3 is 0 Å². The molecule has 0 aromatic heterocycles. The van der Waals surface area contributed by atoms with Crippen molar-refractivity contribution in [3.05, 3.63) is 52.1 Å². The summed E-state index contributed by atoms with van der Waals surface area (Å²) < 4.78 is 12.3. The van der Waals surface area contributed by atoms with E-state index in [-0.39, 0.29) is 47.2 Å². The molecule has 0 saturated heterocycles. The van der Waals surface area contributed by atoms with Crippen molar-refractivity contribution in [1.82, 2.24) is 0 Å². The van der Waals surface area contributed by atoms with Crippen molar-refractivity contribution in [2.75, 3.05) is 0 Å². The first kappa shape index (κ1) is 22.0. The van der Waals surface area contributed by atoms with Crippen molar-refractivity contribution in [3.63, 3.8) is 0 Å². The van der Waals surface area contributed by atoms with Crippen LogP contribution in [0.1, 0.15) is 67.3 Å². The number of aliphatic hydroxyl groups is 1. The molecule has 0 bridgehead atoms. The van der Waals surface area contributed by atoms with E-state index in [4.69, 9.17) is 9.47 Å². The largest absolute Gasteiger partial charge is 0.507 e. The molecule has 0 amide bonds. The Morgan fingerprint density at radius 3 is 2.44 bits per heavy atom. The molecular weight excluding hydrogens is 412 g/mol. The molecule has 0 spiro atoms. The number of ether oxygens (including phenoxy) is 2. The van der Waals surface area contributed by atoms with Gasteiger partial charge in [-0.15, -0.1) is 0 Å². The average Bonchev–Trinajstić information content (AvgIpc) is 3.15. The van der Waals surface area contributed by atoms with Gasteiger partial charge in [0, 0.05) is 17.5 Å². The van der Waals surface area contributed by atoms with Crippen molar-refractivity contribution >= 4 is 5.78 Å². The van der Waals surface area contributed by atoms with E-state index < -0.39 is 17.8 Å². The molecule has 32 heavy (non-hydrogen) atoms. The molecule has 170 valence electrons. The highest BCUT2D eigenvalue weighted by Crippen LogP contribution is 2.52. The monoisotopic (exact) mass is 440 g/mol. The summed E-state index contributed by atoms with van der Waals surface area (Å²) in [6.45, 7) is 7.21. The van der Waals surface area contributed by atoms with Gasteiger partial charge in [0.25, 0.3) is 0 Å². The summed E-state index contributed by atoms with van der Waals surface area (Å²) in [5, 5.41) is 41.0. The number of phenolic OH excluding ortho intramolecular Hbond substituents is 3. The molecule has 2 aromatic carbocycles. The predicted molar refractivity (Wildman–Crippen MR) is 118 cm³/mol. The minimum absolute atomic E-state index is 0.0264. The van der Waals surface area contributed by atoms with Crippen LogP contribution in [0.4, 0.5) is 0 Å². The second kappa shape index (κ2) is 7.74. The molecule has 2 aliphatic rings. The van der Waals surface area contributed by atoms with Crippen molar-refractivity contribution in [3.8, 4) is 28.7 Å². The Hall–Kier alpha value is -3.19. The maximum Gasteiger partial charge on any atom is 0.174 e. The Morgan fingerprint density at radius 2 is 1.81 bits per heavy atom. The Morgan fingerprint density at radius 1 is 1.09 bits per heavy atom. The van der Waals surface area contributed by atoms with Gasteiger partial charge in [0.15, 0.2) is 17.3 Å². The van der Waals surface area contributed by atoms with E-state index in [9.17, 15) is 25.2 Å². The standard InChI is InChI=1S/C25H28O7/c1-12(2)5-7-14-23-15(10-20(32-23)25(3,4)30)22(29)21-18(28)11-19(31-24(14)21)13-6-8-16(26)17(27)9-13/h5-6,8-9,19-20,26-27,29-30H,7,10-11H2,1-4H3. The van der Waals surface area contributed by atoms with E-state index in [1.165, 1.54) is 12.1 Å². The number of fused-ring (bicyclic) bond motifs is 2. The van der Waals surface area contributed by atoms with Crippen molar-refractivity contribution < 1.29 is 34.7 Å². The average molecular weight is 440 g/mol. The van der Waals surface area contributed by atoms with Crippen LogP contribution in [-0.4, -0.2) is 37.9 Å². The maximum atomic E-state index is 13.2. The second-order valence-electron chi connectivity index (χ2n) is 9.27. The lowest BCUT2D eigenvalue weighted by Gasteiger charge is -2.29. The number of phenols is 3. The first-order chi connectivity index (χ1) is 15.0. The maximum absolute atomic E-state index is 13.2. The van der Waals surface area contributed by atoms with Crippen molar-refractivity contribution in [1.29, 1.82) is 0 Å². The molecule has 0 aliphatic carbocycles. The van der Waals surface area contributed by atoms with Crippen LogP contribution >= 0.6 is 0 Å². The van der Waals surface area contributed by atoms with Gasteiger partial charge in [-0.1, -0.05) is 17.7 Å². The number of Topliss-reactive ketones (excluding diaryl/α,β-unsaturated/α-hetero) is 1. The quantitative estimate of drug-likeness (QED) is 0.418. The molecule has 4 N–H and O–H groups in total. The molecule has 0 saturated carbocycles. The summed E-state index contributed by atoms with van der Waals surface area (Å²) >= 11 is 0. The summed E-state index contributed by atoms with van der Waals surface area (Å²) in [4.78, 5) is 13.2. The fraction of sp³-hybridized carbons (Fsp3) is 0.400. The Kier molecular flexibility index (Phi) is 5.33. The van der Waals surface area contributed by atoms with E-state index in [1.54, 1.807) is 19.9 Å². The first-order valence-corrected chi connectivity index (χ1v) is 10.6. The number of hydrogen-bond donors (Lipinski definition) is 4. The minimum atomic E-state index is -1.14. The van der Waals surface area contributed by atoms with E-state index in [1.807, 2.05) is 19.9 Å². The highest BCUT2D eigenvalue weighted by atomic mass is 16.5. The third-order valence-corrected chi connectivity index (χ3v) is 6.00. The summed E-state index contributed by atoms with van der Waals surface area (Å²) in [5.74, 6) is -0.324. The normalized spacial score (nSPS) is 19.6. The van der Waals surface area contributed by atoms with Gasteiger partial charge in [0.05, 0.1) is 12.0 Å². The van der Waals surface area contributed by atoms with E-state index in [0.717, 1.165) is 5.57 Å². The Balaban J connectivity index is 1.85. The zero-order chi connectivity index (χ0) is 23.4. The van der Waals surface area contributed by atoms with Crippen LogP contribution in [0.3, 0.4) is 0 Å². The van der Waals surface area contributed by atoms with Crippen LogP contribution in [0.25, 0.3) is 0 Å². The lowest BCUT2D eigenvalue weighted by atomic mass is 9.88. The molecule has 2 unspecified atom stereocenters. The van der Waals surface area contributed by atoms with Gasteiger partial charge in [-0.25, -0.2) is 0 Å². The molecule has 0 radical (unpaired) electrons. The number of rotatable bonds is 4. The number of aromatic hydroxyl groups is 3. The fourth-order valence-electron chi connectivity index (χ4n) is 4.16. The zero-order valence-corrected chi connectivity index (χ0v) is 18.6. The van der Waals surface area contributed by atoms with E-state index >= 15 is 0 Å². The smallest absolute Gasteiger partial charge is 0.174 e. The van der Waals surface area contributed by atoms with Crippen molar-refractivity contribution in [2.45, 2.75) is 64.8 Å². The zero-order valence-electron chi connectivity index (χ0n) is 18.6. The minimum Gasteiger partial charge on any atom is -0.507 e. The number of benzene rings is 2. The van der Waals surface area contributed by atoms with E-state index in [0.29, 0.717) is 28.9 Å². The number of hydrogen-bond acceptors (Lipinski definition) is 7. The fourth-order valence-corrected chi connectivity index (χ4v) is 4.16. The highest BCUT2D eigenvalue weighted by molar-refractivity contribution is 6.04. The summed E-state index contributed by atoms with van der Waals surface area (Å²) in [5.41, 5.74) is 1.73. The third kappa shape index (κ3) is 3.77. The number of ketones is 1. The summed E-state index contributed by atoms with van der Waals surface area (Å²) in [6, 6.07) is 4.29. The molecule has 7 nitrogen and oxygen atoms in total. The molecule has 2 aliphatic heterocycles. The molecule has 2 atom stereocenters. The van der Waals surface area contributed by atoms with E-state index in [2.05, 4.69) is 0 Å². The van der Waals surface area contributed by atoms with Crippen molar-refractivity contribution in [2.24, 2.45) is 0 Å². The van der Waals surface area contributed by atoms with Crippen LogP contribution in [-0.2, 0) is 12.8 Å². The number of carbonyl (C=O) groups is 1. The van der Waals surface area contributed by atoms with Gasteiger partial charge in [0.2, 0.25) is 0 Å². The van der Waals surface area contributed by atoms with Crippen LogP contribution in [0, 0.1) is 0 Å². The topological polar surface area (TPSA) is 116 Å². The summed E-state index contributed by atoms with van der Waals surface area (Å²) in [7, 11) is 0. The molecule has 7 heteroatoms. The van der Waals surface area contributed by atoms with Crippen LogP contribution in [0.5, 0.6) is 28.7 Å². The van der Waals surface area contributed by atoms with Crippen LogP contribution < -0.4 is 9.47 Å². The molecule has 2 heterocycles. The molecule has 2 aromatic rings. The molecule has 0 fully saturated rings. The lowest BCUT2D eigenvalue weighted by molar-refractivity contribution is -0.0233. The van der Waals surface area contributed by atoms with Gasteiger partial charge < -0.3 is 29.9 Å². The van der Waals surface area contributed by atoms with Gasteiger partial charge in [-0.3, -0.25) is 4.79 Å². The highest BCUT2D eigenvalue weighted by Gasteiger charge is 2.42. The van der Waals surface area contributed by atoms with Gasteiger partial charge in [-0.05, 0) is 51.8 Å². The third-order valence-electron chi connectivity index (χ3n) is 6.00. The first-order valence-electron chi connectivity index (χ1n) is 10.6. The lowest BCUT2D eigenvalue weighted by Crippen LogP contribution is -2.39. The second-order valence-corrected chi connectivity index (χ2v) is 9.27.